The van der Waals surface area contributed by atoms with Gasteiger partial charge >= 0.3 is 0 Å². The van der Waals surface area contributed by atoms with Crippen LogP contribution in [-0.4, -0.2) is 7.11 Å². The number of rotatable bonds is 2. The zero-order valence-electron chi connectivity index (χ0n) is 8.80. The zero-order chi connectivity index (χ0) is 11.6. The Hall–Kier alpha value is -0.100. The Morgan fingerprint density at radius 3 is 2.47 bits per heavy atom. The quantitative estimate of drug-likeness (QED) is 0.731. The van der Waals surface area contributed by atoms with E-state index in [4.69, 9.17) is 4.74 Å². The summed E-state index contributed by atoms with van der Waals surface area (Å²) in [5, 5.41) is 0. The summed E-state index contributed by atoms with van der Waals surface area (Å²) in [5.41, 5.74) is 0.914. The fraction of sp³-hybridized carbons (Fsp3) is 0.364. The molecule has 4 heteroatoms. The second-order valence-electron chi connectivity index (χ2n) is 3.47. The summed E-state index contributed by atoms with van der Waals surface area (Å²) < 4.78 is 6.52. The third-order valence-electron chi connectivity index (χ3n) is 2.11. The smallest absolute Gasteiger partial charge is 0.235 e. The first-order valence-electron chi connectivity index (χ1n) is 4.55. The molecule has 1 aromatic rings. The van der Waals surface area contributed by atoms with Crippen molar-refractivity contribution in [1.82, 2.24) is 0 Å². The molecule has 2 nitrogen and oxygen atoms in total. The van der Waals surface area contributed by atoms with Crippen molar-refractivity contribution in [2.75, 3.05) is 7.11 Å². The molecule has 0 unspecified atom stereocenters. The van der Waals surface area contributed by atoms with E-state index in [1.165, 1.54) is 7.11 Å². The van der Waals surface area contributed by atoms with Crippen LogP contribution in [0.4, 0.5) is 0 Å². The minimum Gasteiger partial charge on any atom is -0.492 e. The highest BCUT2D eigenvalue weighted by Crippen LogP contribution is 2.25. The first kappa shape index (κ1) is 13.0. The first-order valence-corrected chi connectivity index (χ1v) is 6.42. The van der Waals surface area contributed by atoms with E-state index in [0.717, 1.165) is 9.13 Å². The van der Waals surface area contributed by atoms with Crippen LogP contribution in [0.2, 0.25) is 0 Å². The van der Waals surface area contributed by atoms with Crippen LogP contribution >= 0.6 is 38.5 Å². The van der Waals surface area contributed by atoms with Gasteiger partial charge < -0.3 is 4.74 Å². The zero-order valence-corrected chi connectivity index (χ0v) is 12.5. The molecule has 0 aliphatic rings. The number of methoxy groups -OCH3 is 1. The van der Waals surface area contributed by atoms with Crippen LogP contribution in [0.25, 0.3) is 0 Å². The summed E-state index contributed by atoms with van der Waals surface area (Å²) in [4.78, 5) is 12.0. The van der Waals surface area contributed by atoms with Crippen molar-refractivity contribution in [3.05, 3.63) is 36.0 Å². The molecule has 0 fully saturated rings. The van der Waals surface area contributed by atoms with Crippen LogP contribution < -0.4 is 10.2 Å². The van der Waals surface area contributed by atoms with Gasteiger partial charge in [-0.05, 0) is 56.1 Å². The lowest BCUT2D eigenvalue weighted by molar-refractivity contribution is 0.408. The fourth-order valence-corrected chi connectivity index (χ4v) is 2.70. The van der Waals surface area contributed by atoms with E-state index in [2.05, 4.69) is 52.4 Å². The molecule has 0 atom stereocenters. The summed E-state index contributed by atoms with van der Waals surface area (Å²) in [6.45, 7) is 4.11. The standard InChI is InChI=1S/C11H12BrIO2/c1-6(2)7-4-5-8(13)11(15-3)10(14)9(7)12/h4-6H,1-3H3. The van der Waals surface area contributed by atoms with Gasteiger partial charge in [0.05, 0.1) is 15.2 Å². The highest BCUT2D eigenvalue weighted by atomic mass is 127. The van der Waals surface area contributed by atoms with Gasteiger partial charge in [0.15, 0.2) is 5.75 Å². The van der Waals surface area contributed by atoms with Crippen molar-refractivity contribution in [2.45, 2.75) is 19.8 Å². The molecule has 0 saturated carbocycles. The lowest BCUT2D eigenvalue weighted by Crippen LogP contribution is -2.06. The molecule has 0 heterocycles. The number of hydrogen-bond acceptors (Lipinski definition) is 2. The maximum atomic E-state index is 12.0. The van der Waals surface area contributed by atoms with Gasteiger partial charge in [-0.15, -0.1) is 0 Å². The lowest BCUT2D eigenvalue weighted by Gasteiger charge is -2.03. The summed E-state index contributed by atoms with van der Waals surface area (Å²) in [6, 6.07) is 3.86. The van der Waals surface area contributed by atoms with Crippen molar-refractivity contribution in [3.8, 4) is 5.75 Å². The normalized spacial score (nSPS) is 10.5. The third kappa shape index (κ3) is 2.72. The van der Waals surface area contributed by atoms with Gasteiger partial charge in [0.2, 0.25) is 5.43 Å². The third-order valence-corrected chi connectivity index (χ3v) is 3.78. The predicted octanol–water partition coefficient (Wildman–Crippen LogP) is 3.55. The van der Waals surface area contributed by atoms with E-state index in [1.54, 1.807) is 0 Å². The number of halogens is 2. The Balaban J connectivity index is 3.62. The van der Waals surface area contributed by atoms with E-state index < -0.39 is 0 Å². The Bertz CT molecular complexity index is 430. The van der Waals surface area contributed by atoms with Gasteiger partial charge in [0.25, 0.3) is 0 Å². The molecule has 15 heavy (non-hydrogen) atoms. The minimum absolute atomic E-state index is 0.0874. The Morgan fingerprint density at radius 1 is 1.40 bits per heavy atom. The second-order valence-corrected chi connectivity index (χ2v) is 5.42. The summed E-state index contributed by atoms with van der Waals surface area (Å²) >= 11 is 5.44. The molecule has 0 aliphatic heterocycles. The van der Waals surface area contributed by atoms with Crippen molar-refractivity contribution < 1.29 is 4.74 Å². The molecular weight excluding hydrogens is 371 g/mol. The van der Waals surface area contributed by atoms with Crippen molar-refractivity contribution in [3.63, 3.8) is 0 Å². The molecule has 1 aromatic carbocycles. The SMILES string of the molecule is COc1c(I)ccc(C(C)C)c(Br)c1=O. The summed E-state index contributed by atoms with van der Waals surface area (Å²) in [6.07, 6.45) is 0. The first-order chi connectivity index (χ1) is 6.99. The van der Waals surface area contributed by atoms with Gasteiger partial charge in [-0.3, -0.25) is 4.79 Å². The van der Waals surface area contributed by atoms with Crippen molar-refractivity contribution >= 4 is 38.5 Å². The van der Waals surface area contributed by atoms with Gasteiger partial charge in [0.1, 0.15) is 0 Å². The fourth-order valence-electron chi connectivity index (χ4n) is 1.29. The van der Waals surface area contributed by atoms with Gasteiger partial charge in [0, 0.05) is 0 Å². The van der Waals surface area contributed by atoms with Crippen LogP contribution in [0.1, 0.15) is 25.3 Å². The van der Waals surface area contributed by atoms with E-state index in [1.807, 2.05) is 12.1 Å². The average molecular weight is 383 g/mol. The van der Waals surface area contributed by atoms with Crippen molar-refractivity contribution in [1.29, 1.82) is 0 Å². The molecule has 0 bridgehead atoms. The van der Waals surface area contributed by atoms with E-state index in [0.29, 0.717) is 16.1 Å². The molecule has 0 amide bonds. The summed E-state index contributed by atoms with van der Waals surface area (Å²) in [5.74, 6) is 0.703. The van der Waals surface area contributed by atoms with Crippen LogP contribution in [0.3, 0.4) is 0 Å². The molecule has 0 N–H and O–H groups in total. The van der Waals surface area contributed by atoms with Gasteiger partial charge in [-0.1, -0.05) is 19.9 Å². The molecule has 0 saturated heterocycles. The molecule has 1 rings (SSSR count). The highest BCUT2D eigenvalue weighted by molar-refractivity contribution is 14.1. The Morgan fingerprint density at radius 2 is 2.00 bits per heavy atom. The number of ether oxygens (including phenoxy) is 1. The topological polar surface area (TPSA) is 26.3 Å². The molecule has 82 valence electrons. The maximum absolute atomic E-state index is 12.0. The molecular formula is C11H12BrIO2. The Labute approximate surface area is 111 Å². The molecule has 0 spiro atoms. The second kappa shape index (κ2) is 5.30. The van der Waals surface area contributed by atoms with Crippen LogP contribution in [0, 0.1) is 3.57 Å². The Kier molecular flexibility index (Phi) is 4.58. The highest BCUT2D eigenvalue weighted by Gasteiger charge is 2.12. The maximum Gasteiger partial charge on any atom is 0.235 e. The van der Waals surface area contributed by atoms with Crippen molar-refractivity contribution in [2.24, 2.45) is 0 Å². The average Bonchev–Trinajstić information content (AvgIpc) is 2.26. The van der Waals surface area contributed by atoms with Crippen LogP contribution in [0.15, 0.2) is 21.4 Å². The van der Waals surface area contributed by atoms with Crippen LogP contribution in [0.5, 0.6) is 5.75 Å². The van der Waals surface area contributed by atoms with E-state index >= 15 is 0 Å². The van der Waals surface area contributed by atoms with E-state index in [-0.39, 0.29) is 5.43 Å². The van der Waals surface area contributed by atoms with Gasteiger partial charge in [-0.2, -0.15) is 0 Å². The minimum atomic E-state index is -0.0874. The summed E-state index contributed by atoms with van der Waals surface area (Å²) in [7, 11) is 1.51. The largest absolute Gasteiger partial charge is 0.492 e. The molecule has 0 aromatic heterocycles. The monoisotopic (exact) mass is 382 g/mol. The lowest BCUT2D eigenvalue weighted by atomic mass is 10.1. The molecule has 0 radical (unpaired) electrons. The molecule has 0 aliphatic carbocycles. The van der Waals surface area contributed by atoms with Crippen LogP contribution in [-0.2, 0) is 0 Å². The number of hydrogen-bond donors (Lipinski definition) is 0. The van der Waals surface area contributed by atoms with Gasteiger partial charge in [-0.25, -0.2) is 0 Å². The predicted molar refractivity (Wildman–Crippen MR) is 73.8 cm³/mol. The van der Waals surface area contributed by atoms with E-state index in [9.17, 15) is 4.79 Å².